The zero-order chi connectivity index (χ0) is 17.4. The Morgan fingerprint density at radius 3 is 2.96 bits per heavy atom. The molecule has 0 unspecified atom stereocenters. The summed E-state index contributed by atoms with van der Waals surface area (Å²) in [7, 11) is 1.54. The van der Waals surface area contributed by atoms with Crippen LogP contribution >= 0.6 is 23.4 Å². The van der Waals surface area contributed by atoms with Crippen molar-refractivity contribution in [2.45, 2.75) is 10.6 Å². The van der Waals surface area contributed by atoms with Gasteiger partial charge >= 0.3 is 0 Å². The number of rotatable bonds is 3. The molecule has 126 valence electrons. The van der Waals surface area contributed by atoms with Crippen molar-refractivity contribution in [1.82, 2.24) is 5.16 Å². The lowest BCUT2D eigenvalue weighted by molar-refractivity contribution is 0.101. The number of hydrogen-bond donors (Lipinski definition) is 1. The van der Waals surface area contributed by atoms with Crippen LogP contribution in [0.3, 0.4) is 0 Å². The fourth-order valence-corrected chi connectivity index (χ4v) is 4.01. The molecule has 3 aromatic rings. The van der Waals surface area contributed by atoms with E-state index in [2.05, 4.69) is 10.5 Å². The van der Waals surface area contributed by atoms with Gasteiger partial charge in [-0.15, -0.1) is 11.8 Å². The first-order valence-corrected chi connectivity index (χ1v) is 8.89. The molecule has 25 heavy (non-hydrogen) atoms. The van der Waals surface area contributed by atoms with Crippen LogP contribution in [0.5, 0.6) is 5.75 Å². The Hall–Kier alpha value is -2.44. The monoisotopic (exact) mass is 372 g/mol. The standard InChI is InChI=1S/C18H13ClN2O3S/c1-23-14-7-6-10(8-13(14)19)20-18(22)16-12-9-25-15-5-3-2-4-11(15)17(12)24-21-16/h2-8H,9H2,1H3,(H,20,22). The Balaban J connectivity index is 1.63. The van der Waals surface area contributed by atoms with Crippen molar-refractivity contribution in [1.29, 1.82) is 0 Å². The second-order valence-electron chi connectivity index (χ2n) is 5.43. The maximum absolute atomic E-state index is 12.6. The lowest BCUT2D eigenvalue weighted by Crippen LogP contribution is -2.14. The minimum absolute atomic E-state index is 0.295. The van der Waals surface area contributed by atoms with Crippen molar-refractivity contribution in [3.8, 4) is 17.1 Å². The van der Waals surface area contributed by atoms with Crippen LogP contribution in [0.1, 0.15) is 16.1 Å². The highest BCUT2D eigenvalue weighted by atomic mass is 35.5. The SMILES string of the molecule is COc1ccc(NC(=O)c2noc3c2CSc2ccccc2-3)cc1Cl. The number of ether oxygens (including phenoxy) is 1. The summed E-state index contributed by atoms with van der Waals surface area (Å²) in [6.07, 6.45) is 0. The number of amides is 1. The fraction of sp³-hybridized carbons (Fsp3) is 0.111. The van der Waals surface area contributed by atoms with Gasteiger partial charge in [-0.25, -0.2) is 0 Å². The van der Waals surface area contributed by atoms with Gasteiger partial charge in [0.25, 0.3) is 5.91 Å². The van der Waals surface area contributed by atoms with Gasteiger partial charge in [0, 0.05) is 27.5 Å². The first kappa shape index (κ1) is 16.1. The molecule has 0 aliphatic carbocycles. The second-order valence-corrected chi connectivity index (χ2v) is 6.85. The van der Waals surface area contributed by atoms with Gasteiger partial charge in [0.15, 0.2) is 11.5 Å². The average Bonchev–Trinajstić information content (AvgIpc) is 3.06. The third-order valence-electron chi connectivity index (χ3n) is 3.92. The number of methoxy groups -OCH3 is 1. The quantitative estimate of drug-likeness (QED) is 0.711. The molecule has 0 fully saturated rings. The fourth-order valence-electron chi connectivity index (χ4n) is 2.70. The predicted octanol–water partition coefficient (Wildman–Crippen LogP) is 4.86. The molecule has 2 aromatic carbocycles. The highest BCUT2D eigenvalue weighted by molar-refractivity contribution is 7.98. The molecule has 0 spiro atoms. The summed E-state index contributed by atoms with van der Waals surface area (Å²) in [5, 5.41) is 7.21. The molecule has 0 radical (unpaired) electrons. The maximum Gasteiger partial charge on any atom is 0.278 e. The number of carbonyl (C=O) groups excluding carboxylic acids is 1. The van der Waals surface area contributed by atoms with E-state index in [1.54, 1.807) is 30.0 Å². The largest absolute Gasteiger partial charge is 0.495 e. The maximum atomic E-state index is 12.6. The number of carbonyl (C=O) groups is 1. The van der Waals surface area contributed by atoms with Gasteiger partial charge in [0.2, 0.25) is 0 Å². The minimum atomic E-state index is -0.328. The minimum Gasteiger partial charge on any atom is -0.495 e. The van der Waals surface area contributed by atoms with Gasteiger partial charge in [0.05, 0.1) is 12.1 Å². The van der Waals surface area contributed by atoms with Crippen LogP contribution in [0.2, 0.25) is 5.02 Å². The Kier molecular flexibility index (Phi) is 4.15. The van der Waals surface area contributed by atoms with E-state index in [1.807, 2.05) is 24.3 Å². The van der Waals surface area contributed by atoms with E-state index in [4.69, 9.17) is 20.9 Å². The van der Waals surface area contributed by atoms with Crippen molar-refractivity contribution in [2.24, 2.45) is 0 Å². The van der Waals surface area contributed by atoms with Crippen molar-refractivity contribution in [3.63, 3.8) is 0 Å². The van der Waals surface area contributed by atoms with Crippen molar-refractivity contribution in [3.05, 3.63) is 58.7 Å². The number of nitrogens with zero attached hydrogens (tertiary/aromatic N) is 1. The lowest BCUT2D eigenvalue weighted by atomic mass is 10.1. The van der Waals surface area contributed by atoms with E-state index in [0.29, 0.717) is 33.7 Å². The number of thioether (sulfide) groups is 1. The zero-order valence-electron chi connectivity index (χ0n) is 13.2. The summed E-state index contributed by atoms with van der Waals surface area (Å²) >= 11 is 7.76. The Morgan fingerprint density at radius 2 is 2.16 bits per heavy atom. The summed E-state index contributed by atoms with van der Waals surface area (Å²) in [5.74, 6) is 1.52. The molecule has 1 amide bonds. The molecule has 0 atom stereocenters. The summed E-state index contributed by atoms with van der Waals surface area (Å²) < 4.78 is 10.6. The van der Waals surface area contributed by atoms with Crippen LogP contribution in [-0.4, -0.2) is 18.2 Å². The molecule has 1 aliphatic heterocycles. The van der Waals surface area contributed by atoms with Gasteiger partial charge in [-0.1, -0.05) is 28.9 Å². The molecule has 1 aromatic heterocycles. The van der Waals surface area contributed by atoms with Crippen LogP contribution in [0.15, 0.2) is 51.9 Å². The molecule has 1 aliphatic rings. The predicted molar refractivity (Wildman–Crippen MR) is 97.5 cm³/mol. The van der Waals surface area contributed by atoms with E-state index < -0.39 is 0 Å². The molecule has 0 bridgehead atoms. The van der Waals surface area contributed by atoms with Gasteiger partial charge in [0.1, 0.15) is 5.75 Å². The van der Waals surface area contributed by atoms with Crippen LogP contribution in [-0.2, 0) is 5.75 Å². The molecule has 0 saturated heterocycles. The molecule has 1 N–H and O–H groups in total. The van der Waals surface area contributed by atoms with Crippen LogP contribution < -0.4 is 10.1 Å². The molecule has 0 saturated carbocycles. The number of halogens is 1. The Labute approximate surface area is 153 Å². The molecular weight excluding hydrogens is 360 g/mol. The highest BCUT2D eigenvalue weighted by Crippen LogP contribution is 2.42. The number of benzene rings is 2. The van der Waals surface area contributed by atoms with Gasteiger partial charge in [-0.2, -0.15) is 0 Å². The van der Waals surface area contributed by atoms with Gasteiger partial charge < -0.3 is 14.6 Å². The van der Waals surface area contributed by atoms with E-state index in [1.165, 1.54) is 7.11 Å². The van der Waals surface area contributed by atoms with Crippen molar-refractivity contribution < 1.29 is 14.1 Å². The van der Waals surface area contributed by atoms with Crippen LogP contribution in [0, 0.1) is 0 Å². The lowest BCUT2D eigenvalue weighted by Gasteiger charge is -2.13. The van der Waals surface area contributed by atoms with Crippen LogP contribution in [0.4, 0.5) is 5.69 Å². The first-order valence-electron chi connectivity index (χ1n) is 7.53. The van der Waals surface area contributed by atoms with E-state index >= 15 is 0 Å². The third kappa shape index (κ3) is 2.88. The summed E-state index contributed by atoms with van der Waals surface area (Å²) in [4.78, 5) is 13.7. The van der Waals surface area contributed by atoms with E-state index in [0.717, 1.165) is 16.0 Å². The topological polar surface area (TPSA) is 64.4 Å². The summed E-state index contributed by atoms with van der Waals surface area (Å²) in [6, 6.07) is 13.0. The van der Waals surface area contributed by atoms with Gasteiger partial charge in [-0.3, -0.25) is 4.79 Å². The molecule has 2 heterocycles. The smallest absolute Gasteiger partial charge is 0.278 e. The number of fused-ring (bicyclic) bond motifs is 3. The van der Waals surface area contributed by atoms with Crippen molar-refractivity contribution in [2.75, 3.05) is 12.4 Å². The third-order valence-corrected chi connectivity index (χ3v) is 5.31. The highest BCUT2D eigenvalue weighted by Gasteiger charge is 2.28. The van der Waals surface area contributed by atoms with Crippen LogP contribution in [0.25, 0.3) is 11.3 Å². The Morgan fingerprint density at radius 1 is 1.32 bits per heavy atom. The molecule has 5 nitrogen and oxygen atoms in total. The molecule has 4 rings (SSSR count). The van der Waals surface area contributed by atoms with Crippen molar-refractivity contribution >= 4 is 35.0 Å². The normalized spacial score (nSPS) is 12.2. The molecular formula is C18H13ClN2O3S. The Bertz CT molecular complexity index is 971. The number of hydrogen-bond acceptors (Lipinski definition) is 5. The average molecular weight is 373 g/mol. The van der Waals surface area contributed by atoms with E-state index in [9.17, 15) is 4.79 Å². The summed E-state index contributed by atoms with van der Waals surface area (Å²) in [5.41, 5.74) is 2.63. The zero-order valence-corrected chi connectivity index (χ0v) is 14.8. The second kappa shape index (κ2) is 6.46. The number of anilines is 1. The van der Waals surface area contributed by atoms with Gasteiger partial charge in [-0.05, 0) is 30.3 Å². The first-order chi connectivity index (χ1) is 12.2. The van der Waals surface area contributed by atoms with E-state index in [-0.39, 0.29) is 5.91 Å². The number of aromatic nitrogens is 1. The molecule has 7 heteroatoms. The number of nitrogens with one attached hydrogen (secondary N) is 1. The summed E-state index contributed by atoms with van der Waals surface area (Å²) in [6.45, 7) is 0.